The molecule has 3 heteroatoms. The topological polar surface area (TPSA) is 46.5 Å². The maximum atomic E-state index is 10.7. The van der Waals surface area contributed by atoms with Crippen LogP contribution in [0.15, 0.2) is 36.9 Å². The molecule has 0 aromatic heterocycles. The lowest BCUT2D eigenvalue weighted by atomic mass is 9.96. The Morgan fingerprint density at radius 1 is 1.41 bits per heavy atom. The molecule has 0 saturated carbocycles. The average molecular weight is 234 g/mol. The van der Waals surface area contributed by atoms with E-state index in [9.17, 15) is 4.79 Å². The quantitative estimate of drug-likeness (QED) is 0.769. The van der Waals surface area contributed by atoms with Gasteiger partial charge in [-0.25, -0.2) is 0 Å². The largest absolute Gasteiger partial charge is 0.491 e. The third kappa shape index (κ3) is 4.31. The van der Waals surface area contributed by atoms with Crippen molar-refractivity contribution in [1.29, 1.82) is 0 Å². The van der Waals surface area contributed by atoms with E-state index in [2.05, 4.69) is 6.58 Å². The minimum atomic E-state index is -0.822. The third-order valence-corrected chi connectivity index (χ3v) is 2.36. The van der Waals surface area contributed by atoms with Crippen LogP contribution in [0.2, 0.25) is 0 Å². The second kappa shape index (κ2) is 6.09. The zero-order chi connectivity index (χ0) is 12.8. The molecule has 0 amide bonds. The summed E-state index contributed by atoms with van der Waals surface area (Å²) in [6, 6.07) is 7.47. The molecule has 0 fully saturated rings. The van der Waals surface area contributed by atoms with Crippen molar-refractivity contribution in [3.05, 3.63) is 42.5 Å². The Balaban J connectivity index is 2.77. The number of hydrogen-bond donors (Lipinski definition) is 1. The van der Waals surface area contributed by atoms with Crippen LogP contribution in [0.1, 0.15) is 31.7 Å². The second-order valence-electron chi connectivity index (χ2n) is 4.18. The monoisotopic (exact) mass is 234 g/mol. The lowest BCUT2D eigenvalue weighted by Gasteiger charge is -2.13. The van der Waals surface area contributed by atoms with Gasteiger partial charge in [0.1, 0.15) is 5.75 Å². The first kappa shape index (κ1) is 13.3. The lowest BCUT2D eigenvalue weighted by molar-refractivity contribution is -0.137. The van der Waals surface area contributed by atoms with Gasteiger partial charge in [0.25, 0.3) is 0 Å². The SMILES string of the molecule is C=CC(CC(=O)O)c1ccc(OC(C)C)cc1. The van der Waals surface area contributed by atoms with Gasteiger partial charge in [-0.05, 0) is 31.5 Å². The smallest absolute Gasteiger partial charge is 0.304 e. The molecular weight excluding hydrogens is 216 g/mol. The molecule has 0 radical (unpaired) electrons. The Labute approximate surface area is 102 Å². The van der Waals surface area contributed by atoms with E-state index in [0.717, 1.165) is 11.3 Å². The maximum absolute atomic E-state index is 10.7. The summed E-state index contributed by atoms with van der Waals surface area (Å²) in [5.41, 5.74) is 0.943. The van der Waals surface area contributed by atoms with E-state index in [0.29, 0.717) is 0 Å². The molecule has 1 unspecified atom stereocenters. The number of benzene rings is 1. The van der Waals surface area contributed by atoms with Crippen molar-refractivity contribution in [2.75, 3.05) is 0 Å². The van der Waals surface area contributed by atoms with Crippen LogP contribution in [-0.2, 0) is 4.79 Å². The number of aliphatic carboxylic acids is 1. The van der Waals surface area contributed by atoms with Crippen LogP contribution in [-0.4, -0.2) is 17.2 Å². The van der Waals surface area contributed by atoms with Gasteiger partial charge in [0.2, 0.25) is 0 Å². The van der Waals surface area contributed by atoms with Crippen molar-refractivity contribution >= 4 is 5.97 Å². The molecule has 1 aromatic carbocycles. The van der Waals surface area contributed by atoms with Gasteiger partial charge in [0.05, 0.1) is 12.5 Å². The van der Waals surface area contributed by atoms with Gasteiger partial charge in [-0.3, -0.25) is 4.79 Å². The molecular formula is C14H18O3. The van der Waals surface area contributed by atoms with E-state index in [1.165, 1.54) is 0 Å². The van der Waals surface area contributed by atoms with Gasteiger partial charge >= 0.3 is 5.97 Å². The number of allylic oxidation sites excluding steroid dienone is 1. The molecule has 1 atom stereocenters. The molecule has 1 rings (SSSR count). The van der Waals surface area contributed by atoms with Crippen molar-refractivity contribution in [2.24, 2.45) is 0 Å². The van der Waals surface area contributed by atoms with E-state index in [1.807, 2.05) is 38.1 Å². The van der Waals surface area contributed by atoms with Crippen molar-refractivity contribution < 1.29 is 14.6 Å². The van der Waals surface area contributed by atoms with Crippen molar-refractivity contribution in [3.63, 3.8) is 0 Å². The van der Waals surface area contributed by atoms with Crippen LogP contribution < -0.4 is 4.74 Å². The first-order chi connectivity index (χ1) is 8.02. The van der Waals surface area contributed by atoms with Gasteiger partial charge < -0.3 is 9.84 Å². The van der Waals surface area contributed by atoms with E-state index >= 15 is 0 Å². The first-order valence-corrected chi connectivity index (χ1v) is 5.64. The van der Waals surface area contributed by atoms with E-state index in [4.69, 9.17) is 9.84 Å². The zero-order valence-electron chi connectivity index (χ0n) is 10.2. The van der Waals surface area contributed by atoms with E-state index < -0.39 is 5.97 Å². The van der Waals surface area contributed by atoms with E-state index in [-0.39, 0.29) is 18.4 Å². The van der Waals surface area contributed by atoms with Gasteiger partial charge in [-0.1, -0.05) is 18.2 Å². The van der Waals surface area contributed by atoms with Crippen LogP contribution in [0.5, 0.6) is 5.75 Å². The summed E-state index contributed by atoms with van der Waals surface area (Å²) in [6.45, 7) is 7.59. The summed E-state index contributed by atoms with van der Waals surface area (Å²) >= 11 is 0. The Bertz CT molecular complexity index is 379. The number of carbonyl (C=O) groups is 1. The standard InChI is InChI=1S/C14H18O3/c1-4-11(9-14(15)16)12-5-7-13(8-6-12)17-10(2)3/h4-8,10-11H,1,9H2,2-3H3,(H,15,16). The Morgan fingerprint density at radius 2 is 2.00 bits per heavy atom. The fourth-order valence-electron chi connectivity index (χ4n) is 1.59. The number of hydrogen-bond acceptors (Lipinski definition) is 2. The fraction of sp³-hybridized carbons (Fsp3) is 0.357. The van der Waals surface area contributed by atoms with Crippen LogP contribution >= 0.6 is 0 Å². The molecule has 3 nitrogen and oxygen atoms in total. The minimum absolute atomic E-state index is 0.0634. The summed E-state index contributed by atoms with van der Waals surface area (Å²) in [5, 5.41) is 8.78. The molecule has 1 aromatic rings. The summed E-state index contributed by atoms with van der Waals surface area (Å²) < 4.78 is 5.52. The highest BCUT2D eigenvalue weighted by molar-refractivity contribution is 5.68. The highest BCUT2D eigenvalue weighted by Gasteiger charge is 2.11. The van der Waals surface area contributed by atoms with Crippen molar-refractivity contribution in [1.82, 2.24) is 0 Å². The molecule has 92 valence electrons. The maximum Gasteiger partial charge on any atom is 0.304 e. The minimum Gasteiger partial charge on any atom is -0.491 e. The summed E-state index contributed by atoms with van der Waals surface area (Å²) in [6.07, 6.45) is 1.86. The van der Waals surface area contributed by atoms with Crippen LogP contribution in [0, 0.1) is 0 Å². The van der Waals surface area contributed by atoms with E-state index in [1.54, 1.807) is 6.08 Å². The van der Waals surface area contributed by atoms with Gasteiger partial charge in [0, 0.05) is 5.92 Å². The summed E-state index contributed by atoms with van der Waals surface area (Å²) in [4.78, 5) is 10.7. The van der Waals surface area contributed by atoms with Gasteiger partial charge in [-0.2, -0.15) is 0 Å². The highest BCUT2D eigenvalue weighted by atomic mass is 16.5. The Kier molecular flexibility index (Phi) is 4.76. The lowest BCUT2D eigenvalue weighted by Crippen LogP contribution is -2.06. The molecule has 0 aliphatic rings. The molecule has 0 aliphatic carbocycles. The molecule has 17 heavy (non-hydrogen) atoms. The van der Waals surface area contributed by atoms with Crippen LogP contribution in [0.4, 0.5) is 0 Å². The van der Waals surface area contributed by atoms with Crippen LogP contribution in [0.3, 0.4) is 0 Å². The highest BCUT2D eigenvalue weighted by Crippen LogP contribution is 2.23. The predicted molar refractivity (Wildman–Crippen MR) is 67.4 cm³/mol. The predicted octanol–water partition coefficient (Wildman–Crippen LogP) is 3.22. The number of carboxylic acids is 1. The third-order valence-electron chi connectivity index (χ3n) is 2.36. The molecule has 1 N–H and O–H groups in total. The summed E-state index contributed by atoms with van der Waals surface area (Å²) in [7, 11) is 0. The van der Waals surface area contributed by atoms with Crippen molar-refractivity contribution in [2.45, 2.75) is 32.3 Å². The average Bonchev–Trinajstić information content (AvgIpc) is 2.26. The molecule has 0 aliphatic heterocycles. The van der Waals surface area contributed by atoms with Gasteiger partial charge in [-0.15, -0.1) is 6.58 Å². The Hall–Kier alpha value is -1.77. The normalized spacial score (nSPS) is 12.2. The number of carboxylic acid groups (broad SMARTS) is 1. The fourth-order valence-corrected chi connectivity index (χ4v) is 1.59. The second-order valence-corrected chi connectivity index (χ2v) is 4.18. The molecule has 0 saturated heterocycles. The number of ether oxygens (including phenoxy) is 1. The Morgan fingerprint density at radius 3 is 2.41 bits per heavy atom. The molecule has 0 bridgehead atoms. The van der Waals surface area contributed by atoms with Crippen molar-refractivity contribution in [3.8, 4) is 5.75 Å². The zero-order valence-corrected chi connectivity index (χ0v) is 10.2. The van der Waals surface area contributed by atoms with Crippen LogP contribution in [0.25, 0.3) is 0 Å². The molecule has 0 spiro atoms. The molecule has 0 heterocycles. The first-order valence-electron chi connectivity index (χ1n) is 5.64. The number of rotatable bonds is 6. The van der Waals surface area contributed by atoms with Gasteiger partial charge in [0.15, 0.2) is 0 Å². The summed E-state index contributed by atoms with van der Waals surface area (Å²) in [5.74, 6) is -0.181.